The van der Waals surface area contributed by atoms with E-state index in [0.29, 0.717) is 18.0 Å². The quantitative estimate of drug-likeness (QED) is 0.854. The molecule has 1 N–H and O–H groups in total. The van der Waals surface area contributed by atoms with Gasteiger partial charge in [0.25, 0.3) is 0 Å². The molecule has 1 aromatic carbocycles. The smallest absolute Gasteiger partial charge is 0.335 e. The van der Waals surface area contributed by atoms with E-state index in [4.69, 9.17) is 9.84 Å². The molecule has 5 heteroatoms. The highest BCUT2D eigenvalue weighted by Gasteiger charge is 2.12. The lowest BCUT2D eigenvalue weighted by atomic mass is 10.1. The summed E-state index contributed by atoms with van der Waals surface area (Å²) in [5.41, 5.74) is 0.861. The van der Waals surface area contributed by atoms with Crippen LogP contribution in [0, 0.1) is 0 Å². The highest BCUT2D eigenvalue weighted by molar-refractivity contribution is 5.94. The second kappa shape index (κ2) is 3.84. The molecule has 0 aliphatic rings. The van der Waals surface area contributed by atoms with E-state index in [-0.39, 0.29) is 5.56 Å². The van der Waals surface area contributed by atoms with E-state index in [1.165, 1.54) is 0 Å². The van der Waals surface area contributed by atoms with Gasteiger partial charge in [-0.2, -0.15) is 5.10 Å². The van der Waals surface area contributed by atoms with Crippen molar-refractivity contribution in [3.8, 4) is 5.88 Å². The molecule has 0 amide bonds. The molecule has 2 rings (SSSR count). The molecule has 5 nitrogen and oxygen atoms in total. The third-order valence-corrected chi connectivity index (χ3v) is 2.31. The number of ether oxygens (including phenoxy) is 1. The van der Waals surface area contributed by atoms with Gasteiger partial charge in [0.05, 0.1) is 23.1 Å². The van der Waals surface area contributed by atoms with Crippen LogP contribution in [-0.4, -0.2) is 27.5 Å². The van der Waals surface area contributed by atoms with Gasteiger partial charge in [-0.15, -0.1) is 0 Å². The van der Waals surface area contributed by atoms with Gasteiger partial charge >= 0.3 is 5.97 Å². The normalized spacial score (nSPS) is 10.6. The first-order chi connectivity index (χ1) is 7.63. The van der Waals surface area contributed by atoms with Crippen molar-refractivity contribution in [3.05, 3.63) is 23.8 Å². The molecule has 0 bridgehead atoms. The SMILES string of the molecule is CCOc1c2ccc(C(=O)O)cc2nn1C. The molecular formula is C11H12N2O3. The van der Waals surface area contributed by atoms with Gasteiger partial charge in [-0.1, -0.05) is 0 Å². The van der Waals surface area contributed by atoms with Gasteiger partial charge < -0.3 is 9.84 Å². The Kier molecular flexibility index (Phi) is 2.52. The van der Waals surface area contributed by atoms with E-state index in [1.54, 1.807) is 29.9 Å². The minimum absolute atomic E-state index is 0.230. The number of fused-ring (bicyclic) bond motifs is 1. The van der Waals surface area contributed by atoms with Gasteiger partial charge in [0.2, 0.25) is 5.88 Å². The van der Waals surface area contributed by atoms with Gasteiger partial charge in [0.15, 0.2) is 0 Å². The Morgan fingerprint density at radius 3 is 2.94 bits per heavy atom. The van der Waals surface area contributed by atoms with Crippen LogP contribution in [0.3, 0.4) is 0 Å². The topological polar surface area (TPSA) is 64.3 Å². The molecule has 0 saturated heterocycles. The number of aromatic carboxylic acids is 1. The summed E-state index contributed by atoms with van der Waals surface area (Å²) < 4.78 is 7.05. The molecule has 0 aliphatic heterocycles. The van der Waals surface area contributed by atoms with Crippen LogP contribution >= 0.6 is 0 Å². The zero-order valence-electron chi connectivity index (χ0n) is 9.10. The maximum Gasteiger partial charge on any atom is 0.335 e. The Labute approximate surface area is 92.2 Å². The average Bonchev–Trinajstić information content (AvgIpc) is 2.55. The minimum atomic E-state index is -0.953. The third-order valence-electron chi connectivity index (χ3n) is 2.31. The summed E-state index contributed by atoms with van der Waals surface area (Å²) in [6, 6.07) is 4.81. The van der Waals surface area contributed by atoms with Crippen LogP contribution in [0.25, 0.3) is 10.9 Å². The molecule has 0 aliphatic carbocycles. The predicted octanol–water partition coefficient (Wildman–Crippen LogP) is 1.67. The summed E-state index contributed by atoms with van der Waals surface area (Å²) >= 11 is 0. The summed E-state index contributed by atoms with van der Waals surface area (Å²) in [5, 5.41) is 13.9. The molecule has 0 spiro atoms. The van der Waals surface area contributed by atoms with E-state index in [2.05, 4.69) is 5.10 Å². The average molecular weight is 220 g/mol. The summed E-state index contributed by atoms with van der Waals surface area (Å²) in [6.45, 7) is 2.44. The van der Waals surface area contributed by atoms with Crippen LogP contribution in [0.5, 0.6) is 5.88 Å². The molecule has 0 radical (unpaired) electrons. The third kappa shape index (κ3) is 1.60. The van der Waals surface area contributed by atoms with Crippen molar-refractivity contribution < 1.29 is 14.6 Å². The van der Waals surface area contributed by atoms with Crippen LogP contribution in [0.2, 0.25) is 0 Å². The van der Waals surface area contributed by atoms with E-state index in [1.807, 2.05) is 6.92 Å². The monoisotopic (exact) mass is 220 g/mol. The lowest BCUT2D eigenvalue weighted by Crippen LogP contribution is -1.99. The largest absolute Gasteiger partial charge is 0.478 e. The van der Waals surface area contributed by atoms with E-state index in [0.717, 1.165) is 5.39 Å². The molecule has 0 unspecified atom stereocenters. The highest BCUT2D eigenvalue weighted by atomic mass is 16.5. The van der Waals surface area contributed by atoms with Crippen molar-refractivity contribution in [1.82, 2.24) is 9.78 Å². The number of rotatable bonds is 3. The van der Waals surface area contributed by atoms with Gasteiger partial charge in [0, 0.05) is 7.05 Å². The Balaban J connectivity index is 2.60. The number of hydrogen-bond donors (Lipinski definition) is 1. The van der Waals surface area contributed by atoms with Crippen LogP contribution in [-0.2, 0) is 7.05 Å². The van der Waals surface area contributed by atoms with Crippen molar-refractivity contribution in [2.24, 2.45) is 7.05 Å². The number of benzene rings is 1. The number of carbonyl (C=O) groups is 1. The Morgan fingerprint density at radius 2 is 2.31 bits per heavy atom. The van der Waals surface area contributed by atoms with Crippen LogP contribution < -0.4 is 4.74 Å². The molecule has 1 aromatic heterocycles. The van der Waals surface area contributed by atoms with E-state index >= 15 is 0 Å². The second-order valence-electron chi connectivity index (χ2n) is 3.40. The fourth-order valence-corrected chi connectivity index (χ4v) is 1.62. The highest BCUT2D eigenvalue weighted by Crippen LogP contribution is 2.25. The Hall–Kier alpha value is -2.04. The van der Waals surface area contributed by atoms with Gasteiger partial charge in [-0.05, 0) is 25.1 Å². The number of hydrogen-bond acceptors (Lipinski definition) is 3. The maximum absolute atomic E-state index is 10.8. The zero-order valence-corrected chi connectivity index (χ0v) is 9.10. The van der Waals surface area contributed by atoms with Crippen LogP contribution in [0.15, 0.2) is 18.2 Å². The lowest BCUT2D eigenvalue weighted by molar-refractivity contribution is 0.0697. The van der Waals surface area contributed by atoms with Crippen molar-refractivity contribution in [2.45, 2.75) is 6.92 Å². The molecule has 84 valence electrons. The lowest BCUT2D eigenvalue weighted by Gasteiger charge is -2.02. The first-order valence-electron chi connectivity index (χ1n) is 4.96. The molecule has 16 heavy (non-hydrogen) atoms. The maximum atomic E-state index is 10.8. The van der Waals surface area contributed by atoms with E-state index in [9.17, 15) is 4.79 Å². The van der Waals surface area contributed by atoms with Gasteiger partial charge in [-0.3, -0.25) is 0 Å². The van der Waals surface area contributed by atoms with Crippen molar-refractivity contribution in [1.29, 1.82) is 0 Å². The zero-order chi connectivity index (χ0) is 11.7. The van der Waals surface area contributed by atoms with E-state index < -0.39 is 5.97 Å². The van der Waals surface area contributed by atoms with Crippen molar-refractivity contribution in [3.63, 3.8) is 0 Å². The predicted molar refractivity (Wildman–Crippen MR) is 58.8 cm³/mol. The molecule has 0 fully saturated rings. The first-order valence-corrected chi connectivity index (χ1v) is 4.96. The van der Waals surface area contributed by atoms with Gasteiger partial charge in [-0.25, -0.2) is 9.48 Å². The number of nitrogens with zero attached hydrogens (tertiary/aromatic N) is 2. The van der Waals surface area contributed by atoms with Crippen LogP contribution in [0.1, 0.15) is 17.3 Å². The van der Waals surface area contributed by atoms with Gasteiger partial charge in [0.1, 0.15) is 0 Å². The number of aryl methyl sites for hydroxylation is 1. The van der Waals surface area contributed by atoms with Crippen LogP contribution in [0.4, 0.5) is 0 Å². The van der Waals surface area contributed by atoms with Crippen molar-refractivity contribution in [2.75, 3.05) is 6.61 Å². The molecule has 1 heterocycles. The molecule has 2 aromatic rings. The summed E-state index contributed by atoms with van der Waals surface area (Å²) in [7, 11) is 1.77. The van der Waals surface area contributed by atoms with Crippen molar-refractivity contribution >= 4 is 16.9 Å². The Morgan fingerprint density at radius 1 is 1.56 bits per heavy atom. The summed E-state index contributed by atoms with van der Waals surface area (Å²) in [6.07, 6.45) is 0. The fraction of sp³-hybridized carbons (Fsp3) is 0.273. The molecular weight excluding hydrogens is 208 g/mol. The molecule has 0 atom stereocenters. The number of aromatic nitrogens is 2. The number of carboxylic acids is 1. The second-order valence-corrected chi connectivity index (χ2v) is 3.40. The minimum Gasteiger partial charge on any atom is -0.478 e. The summed E-state index contributed by atoms with van der Waals surface area (Å²) in [4.78, 5) is 10.8. The first kappa shape index (κ1) is 10.5. The fourth-order valence-electron chi connectivity index (χ4n) is 1.62. The Bertz CT molecular complexity index is 545. The summed E-state index contributed by atoms with van der Waals surface area (Å²) in [5.74, 6) is -0.292. The standard InChI is InChI=1S/C11H12N2O3/c1-3-16-10-8-5-4-7(11(14)15)6-9(8)12-13(10)2/h4-6H,3H2,1-2H3,(H,14,15). The number of carboxylic acid groups (broad SMARTS) is 1. The molecule has 0 saturated carbocycles.